The van der Waals surface area contributed by atoms with Crippen LogP contribution < -0.4 is 4.74 Å². The van der Waals surface area contributed by atoms with Crippen LogP contribution in [-0.2, 0) is 16.1 Å². The van der Waals surface area contributed by atoms with Crippen molar-refractivity contribution in [2.45, 2.75) is 13.0 Å². The standard InChI is InChI=1S/C15H20N2O3/c1-16(2)7-8-20-14-5-3-12(4-6-14)10-17-11-13(18)9-15(17)19/h3-6H,7-11H2,1-2H3. The molecule has 1 aliphatic rings. The Hall–Kier alpha value is -1.88. The van der Waals surface area contributed by atoms with E-state index < -0.39 is 0 Å². The molecule has 0 bridgehead atoms. The topological polar surface area (TPSA) is 49.9 Å². The highest BCUT2D eigenvalue weighted by Gasteiger charge is 2.26. The number of carbonyl (C=O) groups excluding carboxylic acids is 2. The van der Waals surface area contributed by atoms with E-state index >= 15 is 0 Å². The number of nitrogens with zero attached hydrogens (tertiary/aromatic N) is 2. The number of likely N-dealkylation sites (tertiary alicyclic amines) is 1. The number of amides is 1. The third-order valence-electron chi connectivity index (χ3n) is 3.17. The SMILES string of the molecule is CN(C)CCOc1ccc(CN2CC(=O)CC2=O)cc1. The van der Waals surface area contributed by atoms with Gasteiger partial charge >= 0.3 is 0 Å². The molecule has 5 nitrogen and oxygen atoms in total. The van der Waals surface area contributed by atoms with Gasteiger partial charge in [-0.05, 0) is 31.8 Å². The Morgan fingerprint density at radius 1 is 1.20 bits per heavy atom. The minimum Gasteiger partial charge on any atom is -0.492 e. The van der Waals surface area contributed by atoms with E-state index in [1.807, 2.05) is 38.4 Å². The maximum absolute atomic E-state index is 11.5. The van der Waals surface area contributed by atoms with Gasteiger partial charge in [0.2, 0.25) is 5.91 Å². The fourth-order valence-corrected chi connectivity index (χ4v) is 2.04. The summed E-state index contributed by atoms with van der Waals surface area (Å²) in [5, 5.41) is 0. The molecule has 108 valence electrons. The van der Waals surface area contributed by atoms with Crippen LogP contribution in [-0.4, -0.2) is 55.3 Å². The van der Waals surface area contributed by atoms with Gasteiger partial charge in [0.15, 0.2) is 5.78 Å². The van der Waals surface area contributed by atoms with Crippen molar-refractivity contribution < 1.29 is 14.3 Å². The van der Waals surface area contributed by atoms with Crippen LogP contribution in [0.2, 0.25) is 0 Å². The van der Waals surface area contributed by atoms with Crippen LogP contribution in [0.3, 0.4) is 0 Å². The molecule has 0 atom stereocenters. The molecule has 0 saturated carbocycles. The van der Waals surface area contributed by atoms with Crippen LogP contribution in [0.1, 0.15) is 12.0 Å². The second-order valence-corrected chi connectivity index (χ2v) is 5.26. The molecule has 2 rings (SSSR count). The van der Waals surface area contributed by atoms with Crippen LogP contribution in [0, 0.1) is 0 Å². The number of Topliss-reactive ketones (excluding diaryl/α,β-unsaturated/α-hetero) is 1. The quantitative estimate of drug-likeness (QED) is 0.725. The van der Waals surface area contributed by atoms with E-state index in [9.17, 15) is 9.59 Å². The van der Waals surface area contributed by atoms with Gasteiger partial charge in [-0.1, -0.05) is 12.1 Å². The second kappa shape index (κ2) is 6.52. The molecule has 0 aliphatic carbocycles. The molecule has 1 saturated heterocycles. The zero-order chi connectivity index (χ0) is 14.5. The highest BCUT2D eigenvalue weighted by atomic mass is 16.5. The molecule has 1 heterocycles. The summed E-state index contributed by atoms with van der Waals surface area (Å²) in [4.78, 5) is 26.4. The number of ketones is 1. The first-order chi connectivity index (χ1) is 9.54. The van der Waals surface area contributed by atoms with Crippen molar-refractivity contribution in [1.29, 1.82) is 0 Å². The van der Waals surface area contributed by atoms with E-state index in [1.54, 1.807) is 4.90 Å². The first-order valence-electron chi connectivity index (χ1n) is 6.70. The van der Waals surface area contributed by atoms with Crippen molar-refractivity contribution in [1.82, 2.24) is 9.80 Å². The summed E-state index contributed by atoms with van der Waals surface area (Å²) in [7, 11) is 4.00. The van der Waals surface area contributed by atoms with Crippen molar-refractivity contribution in [2.75, 3.05) is 33.8 Å². The van der Waals surface area contributed by atoms with Crippen LogP contribution in [0.4, 0.5) is 0 Å². The van der Waals surface area contributed by atoms with Gasteiger partial charge in [0.25, 0.3) is 0 Å². The number of ether oxygens (including phenoxy) is 1. The van der Waals surface area contributed by atoms with Crippen LogP contribution in [0.5, 0.6) is 5.75 Å². The summed E-state index contributed by atoms with van der Waals surface area (Å²) in [5.74, 6) is 0.736. The van der Waals surface area contributed by atoms with E-state index in [0.29, 0.717) is 13.2 Å². The molecule has 20 heavy (non-hydrogen) atoms. The van der Waals surface area contributed by atoms with Crippen LogP contribution >= 0.6 is 0 Å². The summed E-state index contributed by atoms with van der Waals surface area (Å²) in [6.45, 7) is 2.24. The Labute approximate surface area is 119 Å². The maximum Gasteiger partial charge on any atom is 0.230 e. The Balaban J connectivity index is 1.85. The molecule has 1 fully saturated rings. The molecule has 0 aromatic heterocycles. The lowest BCUT2D eigenvalue weighted by Crippen LogP contribution is -2.24. The maximum atomic E-state index is 11.5. The van der Waals surface area contributed by atoms with Gasteiger partial charge in [-0.15, -0.1) is 0 Å². The van der Waals surface area contributed by atoms with Gasteiger partial charge in [-0.25, -0.2) is 0 Å². The first-order valence-corrected chi connectivity index (χ1v) is 6.70. The molecule has 1 aromatic rings. The lowest BCUT2D eigenvalue weighted by molar-refractivity contribution is -0.128. The van der Waals surface area contributed by atoms with Crippen LogP contribution in [0.15, 0.2) is 24.3 Å². The Morgan fingerprint density at radius 2 is 1.90 bits per heavy atom. The monoisotopic (exact) mass is 276 g/mol. The molecule has 5 heteroatoms. The lowest BCUT2D eigenvalue weighted by Gasteiger charge is -2.15. The van der Waals surface area contributed by atoms with Crippen molar-refractivity contribution in [3.05, 3.63) is 29.8 Å². The molecule has 1 amide bonds. The third kappa shape index (κ3) is 4.06. The summed E-state index contributed by atoms with van der Waals surface area (Å²) in [5.41, 5.74) is 1.01. The largest absolute Gasteiger partial charge is 0.492 e. The van der Waals surface area contributed by atoms with E-state index in [0.717, 1.165) is 17.9 Å². The summed E-state index contributed by atoms with van der Waals surface area (Å²) in [6, 6.07) is 7.66. The van der Waals surface area contributed by atoms with Crippen LogP contribution in [0.25, 0.3) is 0 Å². The Bertz CT molecular complexity index is 482. The Morgan fingerprint density at radius 3 is 2.45 bits per heavy atom. The molecule has 1 aromatic carbocycles. The van der Waals surface area contributed by atoms with Gasteiger partial charge in [0.05, 0.1) is 13.0 Å². The fourth-order valence-electron chi connectivity index (χ4n) is 2.04. The molecule has 1 aliphatic heterocycles. The first kappa shape index (κ1) is 14.5. The molecular weight excluding hydrogens is 256 g/mol. The van der Waals surface area contributed by atoms with Crippen molar-refractivity contribution in [3.8, 4) is 5.75 Å². The van der Waals surface area contributed by atoms with Crippen molar-refractivity contribution in [2.24, 2.45) is 0 Å². The summed E-state index contributed by atoms with van der Waals surface area (Å²) in [6.07, 6.45) is 0.0474. The van der Waals surface area contributed by atoms with Gasteiger partial charge in [-0.2, -0.15) is 0 Å². The predicted octanol–water partition coefficient (Wildman–Crippen LogP) is 0.928. The van der Waals surface area contributed by atoms with E-state index in [-0.39, 0.29) is 24.7 Å². The van der Waals surface area contributed by atoms with E-state index in [1.165, 1.54) is 0 Å². The number of benzene rings is 1. The summed E-state index contributed by atoms with van der Waals surface area (Å²) < 4.78 is 5.60. The average molecular weight is 276 g/mol. The number of hydrogen-bond donors (Lipinski definition) is 0. The van der Waals surface area contributed by atoms with Crippen molar-refractivity contribution >= 4 is 11.7 Å². The lowest BCUT2D eigenvalue weighted by atomic mass is 10.2. The second-order valence-electron chi connectivity index (χ2n) is 5.26. The zero-order valence-corrected chi connectivity index (χ0v) is 12.0. The van der Waals surface area contributed by atoms with Gasteiger partial charge < -0.3 is 14.5 Å². The van der Waals surface area contributed by atoms with E-state index in [2.05, 4.69) is 4.90 Å². The number of carbonyl (C=O) groups is 2. The van der Waals surface area contributed by atoms with E-state index in [4.69, 9.17) is 4.74 Å². The predicted molar refractivity (Wildman–Crippen MR) is 75.5 cm³/mol. The highest BCUT2D eigenvalue weighted by Crippen LogP contribution is 2.16. The highest BCUT2D eigenvalue weighted by molar-refractivity contribution is 6.05. The number of rotatable bonds is 6. The minimum absolute atomic E-state index is 0.00126. The molecular formula is C15H20N2O3. The molecule has 0 N–H and O–H groups in total. The third-order valence-corrected chi connectivity index (χ3v) is 3.17. The van der Waals surface area contributed by atoms with Crippen molar-refractivity contribution in [3.63, 3.8) is 0 Å². The Kier molecular flexibility index (Phi) is 4.74. The number of hydrogen-bond acceptors (Lipinski definition) is 4. The fraction of sp³-hybridized carbons (Fsp3) is 0.467. The minimum atomic E-state index is -0.0821. The molecule has 0 spiro atoms. The normalized spacial score (nSPS) is 15.2. The molecule has 0 radical (unpaired) electrons. The summed E-state index contributed by atoms with van der Waals surface area (Å²) >= 11 is 0. The van der Waals surface area contributed by atoms with Gasteiger partial charge in [0.1, 0.15) is 12.4 Å². The smallest absolute Gasteiger partial charge is 0.230 e. The number of likely N-dealkylation sites (N-methyl/N-ethyl adjacent to an activating group) is 1. The molecule has 0 unspecified atom stereocenters. The zero-order valence-electron chi connectivity index (χ0n) is 12.0. The average Bonchev–Trinajstić information content (AvgIpc) is 2.69. The van der Waals surface area contributed by atoms with Gasteiger partial charge in [-0.3, -0.25) is 9.59 Å². The van der Waals surface area contributed by atoms with Gasteiger partial charge in [0, 0.05) is 13.1 Å².